The van der Waals surface area contributed by atoms with Crippen molar-refractivity contribution in [3.05, 3.63) is 42.0 Å². The van der Waals surface area contributed by atoms with E-state index >= 15 is 0 Å². The largest absolute Gasteiger partial charge is 0.282 e. The van der Waals surface area contributed by atoms with Crippen LogP contribution in [0.4, 0.5) is 0 Å². The Balaban J connectivity index is 2.34. The zero-order chi connectivity index (χ0) is 13.0. The van der Waals surface area contributed by atoms with Crippen molar-refractivity contribution in [1.82, 2.24) is 14.8 Å². The second kappa shape index (κ2) is 6.01. The fourth-order valence-electron chi connectivity index (χ4n) is 1.90. The molecule has 0 bridgehead atoms. The van der Waals surface area contributed by atoms with Gasteiger partial charge in [0.15, 0.2) is 5.82 Å². The minimum absolute atomic E-state index is 0.379. The number of benzene rings is 1. The summed E-state index contributed by atoms with van der Waals surface area (Å²) < 4.78 is 2.06. The van der Waals surface area contributed by atoms with Crippen LogP contribution in [0.1, 0.15) is 31.9 Å². The molecule has 1 heterocycles. The lowest BCUT2D eigenvalue weighted by Crippen LogP contribution is -2.05. The summed E-state index contributed by atoms with van der Waals surface area (Å²) in [6, 6.07) is 10.1. The molecule has 3 nitrogen and oxygen atoms in total. The fourth-order valence-corrected chi connectivity index (χ4v) is 2.07. The van der Waals surface area contributed by atoms with E-state index in [9.17, 15) is 0 Å². The number of aryl methyl sites for hydroxylation is 1. The van der Waals surface area contributed by atoms with Crippen LogP contribution in [0.5, 0.6) is 0 Å². The lowest BCUT2D eigenvalue weighted by atomic mass is 10.1. The van der Waals surface area contributed by atoms with Gasteiger partial charge in [-0.25, -0.2) is 0 Å². The summed E-state index contributed by atoms with van der Waals surface area (Å²) >= 11 is 5.93. The number of hydrogen-bond donors (Lipinski definition) is 0. The molecular formula is C14H18ClN3. The van der Waals surface area contributed by atoms with Crippen molar-refractivity contribution in [1.29, 1.82) is 0 Å². The molecule has 0 saturated heterocycles. The molecule has 2 rings (SSSR count). The molecule has 0 unspecified atom stereocenters. The van der Waals surface area contributed by atoms with E-state index in [0.29, 0.717) is 11.8 Å². The summed E-state index contributed by atoms with van der Waals surface area (Å²) in [7, 11) is 0. The van der Waals surface area contributed by atoms with Gasteiger partial charge in [-0.1, -0.05) is 32.0 Å². The number of hydrogen-bond acceptors (Lipinski definition) is 2. The smallest absolute Gasteiger partial charge is 0.152 e. The molecule has 4 heteroatoms. The molecule has 0 aliphatic rings. The van der Waals surface area contributed by atoms with Gasteiger partial charge in [-0.05, 0) is 24.5 Å². The summed E-state index contributed by atoms with van der Waals surface area (Å²) in [5.41, 5.74) is 1.08. The van der Waals surface area contributed by atoms with Crippen molar-refractivity contribution in [2.24, 2.45) is 5.92 Å². The van der Waals surface area contributed by atoms with E-state index in [2.05, 4.69) is 40.7 Å². The van der Waals surface area contributed by atoms with Crippen LogP contribution < -0.4 is 0 Å². The molecule has 2 aromatic rings. The molecular weight excluding hydrogens is 246 g/mol. The first-order valence-electron chi connectivity index (χ1n) is 6.27. The van der Waals surface area contributed by atoms with E-state index in [1.165, 1.54) is 0 Å². The quantitative estimate of drug-likeness (QED) is 0.772. The van der Waals surface area contributed by atoms with Gasteiger partial charge in [0.1, 0.15) is 5.82 Å². The van der Waals surface area contributed by atoms with E-state index in [1.54, 1.807) is 0 Å². The summed E-state index contributed by atoms with van der Waals surface area (Å²) in [6.45, 7) is 4.43. The van der Waals surface area contributed by atoms with Crippen LogP contribution in [0.3, 0.4) is 0 Å². The third-order valence-corrected chi connectivity index (χ3v) is 3.12. The van der Waals surface area contributed by atoms with Crippen molar-refractivity contribution in [2.45, 2.75) is 32.6 Å². The number of rotatable bonds is 5. The Morgan fingerprint density at radius 1 is 1.11 bits per heavy atom. The molecule has 0 N–H and O–H groups in total. The number of halogens is 1. The summed E-state index contributed by atoms with van der Waals surface area (Å²) in [4.78, 5) is 0. The lowest BCUT2D eigenvalue weighted by Gasteiger charge is -2.10. The topological polar surface area (TPSA) is 30.7 Å². The number of alkyl halides is 1. The zero-order valence-corrected chi connectivity index (χ0v) is 11.6. The Hall–Kier alpha value is -1.35. The van der Waals surface area contributed by atoms with Crippen molar-refractivity contribution < 1.29 is 0 Å². The second-order valence-corrected chi connectivity index (χ2v) is 5.04. The van der Waals surface area contributed by atoms with E-state index in [1.807, 2.05) is 18.2 Å². The third-order valence-electron chi connectivity index (χ3n) is 2.88. The molecule has 0 amide bonds. The monoisotopic (exact) mass is 263 g/mol. The minimum Gasteiger partial charge on any atom is -0.282 e. The van der Waals surface area contributed by atoms with Gasteiger partial charge in [0.05, 0.1) is 5.88 Å². The standard InChI is InChI=1S/C14H18ClN3/c1-11(2)8-9-13-16-17-14(10-15)18(13)12-6-4-3-5-7-12/h3-7,11H,8-10H2,1-2H3. The van der Waals surface area contributed by atoms with Crippen LogP contribution >= 0.6 is 11.6 Å². The summed E-state index contributed by atoms with van der Waals surface area (Å²) in [6.07, 6.45) is 2.03. The molecule has 0 spiro atoms. The summed E-state index contributed by atoms with van der Waals surface area (Å²) in [5.74, 6) is 2.83. The first-order chi connectivity index (χ1) is 8.72. The lowest BCUT2D eigenvalue weighted by molar-refractivity contribution is 0.570. The highest BCUT2D eigenvalue weighted by molar-refractivity contribution is 6.16. The fraction of sp³-hybridized carbons (Fsp3) is 0.429. The zero-order valence-electron chi connectivity index (χ0n) is 10.8. The maximum absolute atomic E-state index is 5.93. The molecule has 0 atom stereocenters. The number of nitrogens with zero attached hydrogens (tertiary/aromatic N) is 3. The van der Waals surface area contributed by atoms with Crippen molar-refractivity contribution in [2.75, 3.05) is 0 Å². The molecule has 0 aliphatic heterocycles. The first kappa shape index (κ1) is 13.1. The molecule has 0 fully saturated rings. The Morgan fingerprint density at radius 2 is 1.78 bits per heavy atom. The normalized spacial score (nSPS) is 11.1. The van der Waals surface area contributed by atoms with Gasteiger partial charge >= 0.3 is 0 Å². The number of para-hydroxylation sites is 1. The van der Waals surface area contributed by atoms with Gasteiger partial charge in [0, 0.05) is 12.1 Å². The Bertz CT molecular complexity index is 491. The average Bonchev–Trinajstić information content (AvgIpc) is 2.80. The van der Waals surface area contributed by atoms with Crippen molar-refractivity contribution >= 4 is 11.6 Å². The minimum atomic E-state index is 0.379. The Labute approximate surface area is 113 Å². The molecule has 0 radical (unpaired) electrons. The van der Waals surface area contributed by atoms with Gasteiger partial charge in [-0.3, -0.25) is 4.57 Å². The molecule has 1 aromatic heterocycles. The van der Waals surface area contributed by atoms with Gasteiger partial charge in [0.2, 0.25) is 0 Å². The average molecular weight is 264 g/mol. The third kappa shape index (κ3) is 2.91. The Morgan fingerprint density at radius 3 is 2.39 bits per heavy atom. The van der Waals surface area contributed by atoms with E-state index in [0.717, 1.165) is 30.2 Å². The maximum atomic E-state index is 5.93. The molecule has 0 aliphatic carbocycles. The predicted octanol–water partition coefficient (Wildman–Crippen LogP) is 3.59. The van der Waals surface area contributed by atoms with E-state index in [4.69, 9.17) is 11.6 Å². The van der Waals surface area contributed by atoms with Gasteiger partial charge in [-0.15, -0.1) is 21.8 Å². The molecule has 96 valence electrons. The number of aromatic nitrogens is 3. The van der Waals surface area contributed by atoms with Gasteiger partial charge in [0.25, 0.3) is 0 Å². The molecule has 18 heavy (non-hydrogen) atoms. The highest BCUT2D eigenvalue weighted by atomic mass is 35.5. The van der Waals surface area contributed by atoms with Crippen molar-refractivity contribution in [3.8, 4) is 5.69 Å². The molecule has 0 saturated carbocycles. The molecule has 1 aromatic carbocycles. The van der Waals surface area contributed by atoms with Crippen LogP contribution in [0, 0.1) is 5.92 Å². The maximum Gasteiger partial charge on any atom is 0.152 e. The predicted molar refractivity (Wildman–Crippen MR) is 74.1 cm³/mol. The van der Waals surface area contributed by atoms with E-state index in [-0.39, 0.29) is 0 Å². The van der Waals surface area contributed by atoms with Gasteiger partial charge in [-0.2, -0.15) is 0 Å². The van der Waals surface area contributed by atoms with Crippen LogP contribution in [0.15, 0.2) is 30.3 Å². The highest BCUT2D eigenvalue weighted by Crippen LogP contribution is 2.17. The summed E-state index contributed by atoms with van der Waals surface area (Å²) in [5, 5.41) is 8.43. The van der Waals surface area contributed by atoms with Gasteiger partial charge < -0.3 is 0 Å². The Kier molecular flexibility index (Phi) is 4.37. The van der Waals surface area contributed by atoms with Crippen LogP contribution in [-0.2, 0) is 12.3 Å². The van der Waals surface area contributed by atoms with Crippen molar-refractivity contribution in [3.63, 3.8) is 0 Å². The SMILES string of the molecule is CC(C)CCc1nnc(CCl)n1-c1ccccc1. The van der Waals surface area contributed by atoms with Crippen LogP contribution in [0.25, 0.3) is 5.69 Å². The second-order valence-electron chi connectivity index (χ2n) is 4.77. The van der Waals surface area contributed by atoms with E-state index < -0.39 is 0 Å². The van der Waals surface area contributed by atoms with Crippen LogP contribution in [0.2, 0.25) is 0 Å². The highest BCUT2D eigenvalue weighted by Gasteiger charge is 2.12. The van der Waals surface area contributed by atoms with Crippen LogP contribution in [-0.4, -0.2) is 14.8 Å². The first-order valence-corrected chi connectivity index (χ1v) is 6.80.